The highest BCUT2D eigenvalue weighted by molar-refractivity contribution is 14.0. The van der Waals surface area contributed by atoms with E-state index in [0.29, 0.717) is 19.6 Å². The van der Waals surface area contributed by atoms with Crippen molar-refractivity contribution >= 4 is 41.7 Å². The molecular formula is C24H35IN6O2. The van der Waals surface area contributed by atoms with Gasteiger partial charge in [-0.15, -0.1) is 24.0 Å². The largest absolute Gasteiger partial charge is 0.496 e. The molecule has 0 aliphatic carbocycles. The first kappa shape index (κ1) is 26.7. The molecule has 1 unspecified atom stereocenters. The second-order valence-electron chi connectivity index (χ2n) is 8.04. The molecule has 1 atom stereocenters. The van der Waals surface area contributed by atoms with E-state index in [1.807, 2.05) is 32.0 Å². The number of methoxy groups -OCH3 is 1. The minimum atomic E-state index is -0.238. The second kappa shape index (κ2) is 13.2. The Kier molecular flexibility index (Phi) is 10.7. The highest BCUT2D eigenvalue weighted by atomic mass is 127. The van der Waals surface area contributed by atoms with Gasteiger partial charge in [-0.2, -0.15) is 0 Å². The van der Waals surface area contributed by atoms with Gasteiger partial charge >= 0.3 is 0 Å². The van der Waals surface area contributed by atoms with Crippen LogP contribution in [0.4, 0.5) is 5.82 Å². The Hall–Kier alpha value is -2.56. The van der Waals surface area contributed by atoms with Gasteiger partial charge in [0, 0.05) is 43.5 Å². The molecule has 1 aliphatic heterocycles. The molecule has 1 aromatic carbocycles. The average molecular weight is 566 g/mol. The Balaban J connectivity index is 0.00000385. The maximum Gasteiger partial charge on any atom is 0.222 e. The molecule has 1 aromatic heterocycles. The van der Waals surface area contributed by atoms with Gasteiger partial charge in [0.2, 0.25) is 5.91 Å². The van der Waals surface area contributed by atoms with Gasteiger partial charge < -0.3 is 26.0 Å². The highest BCUT2D eigenvalue weighted by Gasteiger charge is 2.26. The van der Waals surface area contributed by atoms with E-state index in [1.165, 1.54) is 0 Å². The van der Waals surface area contributed by atoms with Gasteiger partial charge in [0.15, 0.2) is 5.96 Å². The summed E-state index contributed by atoms with van der Waals surface area (Å²) in [4.78, 5) is 23.2. The lowest BCUT2D eigenvalue weighted by atomic mass is 9.97. The van der Waals surface area contributed by atoms with Crippen molar-refractivity contribution in [3.05, 3.63) is 53.2 Å². The Morgan fingerprint density at radius 3 is 2.85 bits per heavy atom. The van der Waals surface area contributed by atoms with Crippen molar-refractivity contribution in [3.63, 3.8) is 0 Å². The number of ether oxygens (including phenoxy) is 1. The van der Waals surface area contributed by atoms with E-state index in [-0.39, 0.29) is 35.8 Å². The van der Waals surface area contributed by atoms with Crippen molar-refractivity contribution < 1.29 is 9.53 Å². The third-order valence-corrected chi connectivity index (χ3v) is 5.63. The number of piperidine rings is 1. The summed E-state index contributed by atoms with van der Waals surface area (Å²) in [6.45, 7) is 7.39. The number of primary amides is 1. The van der Waals surface area contributed by atoms with Crippen LogP contribution in [0.5, 0.6) is 5.75 Å². The fraction of sp³-hybridized carbons (Fsp3) is 0.458. The van der Waals surface area contributed by atoms with Crippen LogP contribution in [0.2, 0.25) is 0 Å². The van der Waals surface area contributed by atoms with Gasteiger partial charge in [-0.05, 0) is 44.4 Å². The van der Waals surface area contributed by atoms with Gasteiger partial charge in [-0.3, -0.25) is 4.79 Å². The van der Waals surface area contributed by atoms with Crippen molar-refractivity contribution in [3.8, 4) is 5.75 Å². The van der Waals surface area contributed by atoms with E-state index < -0.39 is 0 Å². The monoisotopic (exact) mass is 566 g/mol. The number of anilines is 1. The molecule has 0 spiro atoms. The lowest BCUT2D eigenvalue weighted by Crippen LogP contribution is -2.42. The standard InChI is InChI=1S/C24H34N6O2.HI/c1-4-26-24(28-14-18-10-9-17(2)13-21(18)32-3)29-15-19-7-5-11-27-23(19)30-12-6-8-20(16-30)22(25)31;/h5,7,9-11,13,20H,4,6,8,12,14-16H2,1-3H3,(H2,25,31)(H2,26,28,29);1H. The summed E-state index contributed by atoms with van der Waals surface area (Å²) in [5.41, 5.74) is 8.79. The van der Waals surface area contributed by atoms with E-state index in [0.717, 1.165) is 60.1 Å². The first-order valence-electron chi connectivity index (χ1n) is 11.2. The van der Waals surface area contributed by atoms with Crippen LogP contribution in [-0.2, 0) is 17.9 Å². The lowest BCUT2D eigenvalue weighted by molar-refractivity contribution is -0.122. The summed E-state index contributed by atoms with van der Waals surface area (Å²) >= 11 is 0. The number of hydrogen-bond donors (Lipinski definition) is 3. The SMILES string of the molecule is CCNC(=NCc1ccc(C)cc1OC)NCc1cccnc1N1CCCC(C(N)=O)C1.I. The van der Waals surface area contributed by atoms with Crippen molar-refractivity contribution in [2.75, 3.05) is 31.6 Å². The summed E-state index contributed by atoms with van der Waals surface area (Å²) < 4.78 is 5.50. The van der Waals surface area contributed by atoms with Gasteiger partial charge in [0.25, 0.3) is 0 Å². The maximum absolute atomic E-state index is 11.7. The minimum Gasteiger partial charge on any atom is -0.496 e. The number of hydrogen-bond acceptors (Lipinski definition) is 5. The number of amides is 1. The number of carbonyl (C=O) groups is 1. The number of carbonyl (C=O) groups excluding carboxylic acids is 1. The molecule has 33 heavy (non-hydrogen) atoms. The number of rotatable bonds is 8. The van der Waals surface area contributed by atoms with Gasteiger partial charge in [0.05, 0.1) is 19.6 Å². The quantitative estimate of drug-likeness (QED) is 0.258. The molecule has 4 N–H and O–H groups in total. The number of nitrogens with zero attached hydrogens (tertiary/aromatic N) is 3. The number of nitrogens with one attached hydrogen (secondary N) is 2. The molecule has 3 rings (SSSR count). The van der Waals surface area contributed by atoms with Crippen LogP contribution in [0.1, 0.15) is 36.5 Å². The van der Waals surface area contributed by atoms with Crippen LogP contribution >= 0.6 is 24.0 Å². The van der Waals surface area contributed by atoms with Crippen molar-refractivity contribution in [2.24, 2.45) is 16.6 Å². The molecule has 2 heterocycles. The minimum absolute atomic E-state index is 0. The zero-order valence-corrected chi connectivity index (χ0v) is 22.0. The number of benzene rings is 1. The highest BCUT2D eigenvalue weighted by Crippen LogP contribution is 2.24. The number of aliphatic imine (C=N–C) groups is 1. The molecule has 9 heteroatoms. The molecule has 0 bridgehead atoms. The average Bonchev–Trinajstić information content (AvgIpc) is 2.81. The number of pyridine rings is 1. The predicted octanol–water partition coefficient (Wildman–Crippen LogP) is 2.97. The Labute approximate surface area is 213 Å². The molecule has 1 fully saturated rings. The number of nitrogens with two attached hydrogens (primary N) is 1. The van der Waals surface area contributed by atoms with E-state index in [2.05, 4.69) is 32.7 Å². The number of guanidine groups is 1. The zero-order valence-electron chi connectivity index (χ0n) is 19.6. The Bertz CT molecular complexity index is 952. The molecule has 8 nitrogen and oxygen atoms in total. The van der Waals surface area contributed by atoms with Crippen LogP contribution in [0.3, 0.4) is 0 Å². The van der Waals surface area contributed by atoms with Crippen LogP contribution in [0.25, 0.3) is 0 Å². The summed E-state index contributed by atoms with van der Waals surface area (Å²) in [7, 11) is 1.68. The van der Waals surface area contributed by atoms with E-state index >= 15 is 0 Å². The normalized spacial score (nSPS) is 16.0. The number of aryl methyl sites for hydroxylation is 1. The second-order valence-corrected chi connectivity index (χ2v) is 8.04. The van der Waals surface area contributed by atoms with Gasteiger partial charge in [0.1, 0.15) is 11.6 Å². The molecule has 180 valence electrons. The summed E-state index contributed by atoms with van der Waals surface area (Å²) in [5.74, 6) is 2.09. The Morgan fingerprint density at radius 2 is 2.12 bits per heavy atom. The molecule has 1 aliphatic rings. The lowest BCUT2D eigenvalue weighted by Gasteiger charge is -2.33. The summed E-state index contributed by atoms with van der Waals surface area (Å²) in [6.07, 6.45) is 3.56. The van der Waals surface area contributed by atoms with E-state index in [1.54, 1.807) is 13.3 Å². The first-order valence-corrected chi connectivity index (χ1v) is 11.2. The molecular weight excluding hydrogens is 531 g/mol. The fourth-order valence-corrected chi connectivity index (χ4v) is 3.92. The number of halogens is 1. The van der Waals surface area contributed by atoms with Crippen molar-refractivity contribution in [1.82, 2.24) is 15.6 Å². The predicted molar refractivity (Wildman–Crippen MR) is 143 cm³/mol. The number of aromatic nitrogens is 1. The van der Waals surface area contributed by atoms with Crippen LogP contribution in [-0.4, -0.2) is 43.6 Å². The van der Waals surface area contributed by atoms with Gasteiger partial charge in [-0.25, -0.2) is 9.98 Å². The van der Waals surface area contributed by atoms with Crippen molar-refractivity contribution in [1.29, 1.82) is 0 Å². The fourth-order valence-electron chi connectivity index (χ4n) is 3.92. The summed E-state index contributed by atoms with van der Waals surface area (Å²) in [5, 5.41) is 6.71. The van der Waals surface area contributed by atoms with E-state index in [4.69, 9.17) is 15.5 Å². The topological polar surface area (TPSA) is 105 Å². The summed E-state index contributed by atoms with van der Waals surface area (Å²) in [6, 6.07) is 10.1. The third kappa shape index (κ3) is 7.48. The molecule has 0 saturated carbocycles. The zero-order chi connectivity index (χ0) is 22.9. The van der Waals surface area contributed by atoms with Crippen LogP contribution < -0.4 is 26.0 Å². The first-order chi connectivity index (χ1) is 15.5. The maximum atomic E-state index is 11.7. The molecule has 1 saturated heterocycles. The Morgan fingerprint density at radius 1 is 1.30 bits per heavy atom. The van der Waals surface area contributed by atoms with Crippen molar-refractivity contribution in [2.45, 2.75) is 39.8 Å². The van der Waals surface area contributed by atoms with Crippen LogP contribution in [0.15, 0.2) is 41.5 Å². The smallest absolute Gasteiger partial charge is 0.222 e. The molecule has 1 amide bonds. The van der Waals surface area contributed by atoms with Crippen LogP contribution in [0, 0.1) is 12.8 Å². The molecule has 2 aromatic rings. The third-order valence-electron chi connectivity index (χ3n) is 5.63. The van der Waals surface area contributed by atoms with E-state index in [9.17, 15) is 4.79 Å². The van der Waals surface area contributed by atoms with Gasteiger partial charge in [-0.1, -0.05) is 18.2 Å². The molecule has 0 radical (unpaired) electrons.